The molecule has 0 aliphatic carbocycles. The molecule has 1 aliphatic rings. The van der Waals surface area contributed by atoms with Gasteiger partial charge in [-0.15, -0.1) is 12.4 Å². The molecule has 126 valence electrons. The number of hydrogen-bond acceptors (Lipinski definition) is 5. The van der Waals surface area contributed by atoms with E-state index in [1.165, 1.54) is 35.6 Å². The normalized spacial score (nSPS) is 17.5. The number of hydrogen-bond donors (Lipinski definition) is 2. The van der Waals surface area contributed by atoms with Crippen LogP contribution in [-0.2, 0) is 20.0 Å². The van der Waals surface area contributed by atoms with Crippen molar-refractivity contribution in [2.75, 3.05) is 33.2 Å². The van der Waals surface area contributed by atoms with Crippen LogP contribution in [0.3, 0.4) is 0 Å². The topological polar surface area (TPSA) is 95.6 Å². The van der Waals surface area contributed by atoms with Crippen LogP contribution in [0.4, 0.5) is 0 Å². The molecule has 1 aliphatic heterocycles. The Balaban J connectivity index is 0.00000242. The van der Waals surface area contributed by atoms with Gasteiger partial charge in [-0.25, -0.2) is 21.6 Å². The van der Waals surface area contributed by atoms with Gasteiger partial charge in [0.1, 0.15) is 0 Å². The minimum Gasteiger partial charge on any atom is -0.315 e. The second-order valence-corrected chi connectivity index (χ2v) is 8.51. The Morgan fingerprint density at radius 2 is 1.59 bits per heavy atom. The first-order valence-corrected chi connectivity index (χ1v) is 9.55. The van der Waals surface area contributed by atoms with E-state index in [0.717, 1.165) is 13.0 Å². The fourth-order valence-corrected chi connectivity index (χ4v) is 4.33. The second kappa shape index (κ2) is 7.71. The van der Waals surface area contributed by atoms with Crippen molar-refractivity contribution >= 4 is 32.5 Å². The van der Waals surface area contributed by atoms with Crippen molar-refractivity contribution in [3.63, 3.8) is 0 Å². The van der Waals surface area contributed by atoms with Crippen LogP contribution in [0.1, 0.15) is 6.42 Å². The van der Waals surface area contributed by atoms with E-state index >= 15 is 0 Å². The van der Waals surface area contributed by atoms with E-state index in [2.05, 4.69) is 10.0 Å². The van der Waals surface area contributed by atoms with Gasteiger partial charge in [-0.1, -0.05) is 0 Å². The molecule has 0 amide bonds. The van der Waals surface area contributed by atoms with Crippen molar-refractivity contribution in [2.24, 2.45) is 0 Å². The number of nitrogens with one attached hydrogen (secondary N) is 2. The van der Waals surface area contributed by atoms with Crippen LogP contribution < -0.4 is 10.0 Å². The molecule has 1 aromatic rings. The molecule has 10 heteroatoms. The quantitative estimate of drug-likeness (QED) is 0.779. The van der Waals surface area contributed by atoms with Gasteiger partial charge in [-0.2, -0.15) is 4.31 Å². The largest absolute Gasteiger partial charge is 0.315 e. The molecular formula is C12H20ClN3O4S2. The molecular weight excluding hydrogens is 350 g/mol. The summed E-state index contributed by atoms with van der Waals surface area (Å²) in [6, 6.07) is 5.26. The van der Waals surface area contributed by atoms with Crippen LogP contribution in [0.15, 0.2) is 34.1 Å². The number of halogens is 1. The van der Waals surface area contributed by atoms with Crippen LogP contribution in [-0.4, -0.2) is 54.4 Å². The molecule has 2 N–H and O–H groups in total. The van der Waals surface area contributed by atoms with E-state index in [1.54, 1.807) is 0 Å². The van der Waals surface area contributed by atoms with Crippen LogP contribution in [0, 0.1) is 0 Å². The van der Waals surface area contributed by atoms with Gasteiger partial charge in [0.15, 0.2) is 0 Å². The molecule has 0 atom stereocenters. The minimum absolute atomic E-state index is 0. The summed E-state index contributed by atoms with van der Waals surface area (Å²) in [5.41, 5.74) is 0. The molecule has 1 heterocycles. The Morgan fingerprint density at radius 3 is 2.18 bits per heavy atom. The van der Waals surface area contributed by atoms with Crippen molar-refractivity contribution in [3.05, 3.63) is 24.3 Å². The van der Waals surface area contributed by atoms with Crippen LogP contribution in [0.2, 0.25) is 0 Å². The zero-order valence-corrected chi connectivity index (χ0v) is 14.6. The molecule has 1 fully saturated rings. The van der Waals surface area contributed by atoms with Crippen molar-refractivity contribution in [1.29, 1.82) is 0 Å². The highest BCUT2D eigenvalue weighted by Gasteiger charge is 2.25. The van der Waals surface area contributed by atoms with Gasteiger partial charge in [-0.05, 0) is 44.3 Å². The number of sulfonamides is 2. The van der Waals surface area contributed by atoms with Crippen molar-refractivity contribution < 1.29 is 16.8 Å². The fraction of sp³-hybridized carbons (Fsp3) is 0.500. The van der Waals surface area contributed by atoms with Crippen LogP contribution in [0.25, 0.3) is 0 Å². The van der Waals surface area contributed by atoms with Crippen LogP contribution >= 0.6 is 12.4 Å². The average molecular weight is 370 g/mol. The highest BCUT2D eigenvalue weighted by atomic mass is 35.5. The molecule has 7 nitrogen and oxygen atoms in total. The Hall–Kier alpha value is -0.710. The highest BCUT2D eigenvalue weighted by molar-refractivity contribution is 7.89. The molecule has 1 aromatic carbocycles. The Bertz CT molecular complexity index is 682. The Kier molecular flexibility index (Phi) is 6.78. The Morgan fingerprint density at radius 1 is 1.00 bits per heavy atom. The monoisotopic (exact) mass is 369 g/mol. The van der Waals surface area contributed by atoms with Gasteiger partial charge in [0.2, 0.25) is 20.0 Å². The van der Waals surface area contributed by atoms with Gasteiger partial charge < -0.3 is 5.32 Å². The lowest BCUT2D eigenvalue weighted by molar-refractivity contribution is 0.432. The molecule has 22 heavy (non-hydrogen) atoms. The maximum Gasteiger partial charge on any atom is 0.243 e. The van der Waals surface area contributed by atoms with Crippen LogP contribution in [0.5, 0.6) is 0 Å². The number of nitrogens with zero attached hydrogens (tertiary/aromatic N) is 1. The van der Waals surface area contributed by atoms with E-state index in [4.69, 9.17) is 0 Å². The first-order valence-electron chi connectivity index (χ1n) is 6.62. The fourth-order valence-electron chi connectivity index (χ4n) is 2.12. The summed E-state index contributed by atoms with van der Waals surface area (Å²) in [5, 5.41) is 3.14. The molecule has 2 rings (SSSR count). The third-order valence-electron chi connectivity index (χ3n) is 3.34. The standard InChI is InChI=1S/C12H19N3O4S2.ClH/c1-13-20(16,17)11-3-5-12(6-4-11)21(18,19)15-9-2-7-14-8-10-15;/h3-6,13-14H,2,7-10H2,1H3;1H. The van der Waals surface area contributed by atoms with E-state index in [-0.39, 0.29) is 22.2 Å². The van der Waals surface area contributed by atoms with Crippen molar-refractivity contribution in [2.45, 2.75) is 16.2 Å². The predicted molar refractivity (Wildman–Crippen MR) is 86.2 cm³/mol. The molecule has 0 unspecified atom stereocenters. The average Bonchev–Trinajstić information content (AvgIpc) is 2.77. The van der Waals surface area contributed by atoms with Gasteiger partial charge >= 0.3 is 0 Å². The van der Waals surface area contributed by atoms with Crippen molar-refractivity contribution in [3.8, 4) is 0 Å². The lowest BCUT2D eigenvalue weighted by Gasteiger charge is -2.19. The zero-order valence-electron chi connectivity index (χ0n) is 12.1. The van der Waals surface area contributed by atoms with Gasteiger partial charge in [0, 0.05) is 19.6 Å². The third-order valence-corrected chi connectivity index (χ3v) is 6.68. The molecule has 0 bridgehead atoms. The lowest BCUT2D eigenvalue weighted by atomic mass is 10.4. The van der Waals surface area contributed by atoms with Gasteiger partial charge in [0.25, 0.3) is 0 Å². The predicted octanol–water partition coefficient (Wildman–Crippen LogP) is 0.000500. The summed E-state index contributed by atoms with van der Waals surface area (Å²) in [6.07, 6.45) is 0.755. The van der Waals surface area contributed by atoms with E-state index in [9.17, 15) is 16.8 Å². The maximum atomic E-state index is 12.5. The number of rotatable bonds is 4. The zero-order chi connectivity index (χ0) is 15.5. The second-order valence-electron chi connectivity index (χ2n) is 4.69. The smallest absolute Gasteiger partial charge is 0.243 e. The van der Waals surface area contributed by atoms with Gasteiger partial charge in [0.05, 0.1) is 9.79 Å². The third kappa shape index (κ3) is 4.18. The lowest BCUT2D eigenvalue weighted by Crippen LogP contribution is -2.34. The van der Waals surface area contributed by atoms with E-state index in [1.807, 2.05) is 0 Å². The highest BCUT2D eigenvalue weighted by Crippen LogP contribution is 2.19. The summed E-state index contributed by atoms with van der Waals surface area (Å²) in [4.78, 5) is 0.154. The van der Waals surface area contributed by atoms with E-state index < -0.39 is 20.0 Å². The maximum absolute atomic E-state index is 12.5. The molecule has 0 saturated carbocycles. The molecule has 0 aromatic heterocycles. The SMILES string of the molecule is CNS(=O)(=O)c1ccc(S(=O)(=O)N2CCCNCC2)cc1.Cl. The first kappa shape index (κ1) is 19.3. The van der Waals surface area contributed by atoms with Gasteiger partial charge in [-0.3, -0.25) is 0 Å². The van der Waals surface area contributed by atoms with E-state index in [0.29, 0.717) is 19.6 Å². The number of benzene rings is 1. The molecule has 1 saturated heterocycles. The Labute approximate surface area is 137 Å². The minimum atomic E-state index is -3.58. The summed E-state index contributed by atoms with van der Waals surface area (Å²) >= 11 is 0. The summed E-state index contributed by atoms with van der Waals surface area (Å²) < 4.78 is 51.9. The molecule has 0 radical (unpaired) electrons. The summed E-state index contributed by atoms with van der Waals surface area (Å²) in [5.74, 6) is 0. The first-order chi connectivity index (χ1) is 9.88. The summed E-state index contributed by atoms with van der Waals surface area (Å²) in [6.45, 7) is 2.29. The molecule has 0 spiro atoms. The summed E-state index contributed by atoms with van der Waals surface area (Å²) in [7, 11) is -5.83. The van der Waals surface area contributed by atoms with Crippen molar-refractivity contribution in [1.82, 2.24) is 14.3 Å².